The van der Waals surface area contributed by atoms with Crippen molar-refractivity contribution in [2.45, 2.75) is 4.90 Å². The molecule has 0 unspecified atom stereocenters. The zero-order valence-corrected chi connectivity index (χ0v) is 11.0. The number of phosphoric ester groups is 1. The van der Waals surface area contributed by atoms with Gasteiger partial charge in [0, 0.05) is 0 Å². The quantitative estimate of drug-likeness (QED) is 0.306. The van der Waals surface area contributed by atoms with Crippen LogP contribution in [0.15, 0.2) is 23.1 Å². The average Bonchev–Trinajstić information content (AvgIpc) is 2.24. The third-order valence-corrected chi connectivity index (χ3v) is 3.12. The molecule has 0 aliphatic carbocycles. The molecule has 1 aromatic carbocycles. The Morgan fingerprint density at radius 3 is 1.95 bits per heavy atom. The van der Waals surface area contributed by atoms with Crippen molar-refractivity contribution in [3.8, 4) is 0 Å². The predicted molar refractivity (Wildman–Crippen MR) is 67.8 cm³/mol. The molecule has 0 bridgehead atoms. The van der Waals surface area contributed by atoms with Gasteiger partial charge in [-0.3, -0.25) is 14.3 Å². The topological polar surface area (TPSA) is 175 Å². The molecule has 10 nitrogen and oxygen atoms in total. The number of hydrogen-bond acceptors (Lipinski definition) is 6. The van der Waals surface area contributed by atoms with Gasteiger partial charge in [0.2, 0.25) is 0 Å². The Labute approximate surface area is 140 Å². The van der Waals surface area contributed by atoms with Gasteiger partial charge in [0.1, 0.15) is 0 Å². The Morgan fingerprint density at radius 2 is 1.57 bits per heavy atom. The number of carbonyl (C=O) groups excluding carboxylic acids is 1. The summed E-state index contributed by atoms with van der Waals surface area (Å²) in [7, 11) is -10.0. The third kappa shape index (κ3) is 6.24. The molecule has 112 valence electrons. The van der Waals surface area contributed by atoms with Gasteiger partial charge in [-0.1, -0.05) is 0 Å². The van der Waals surface area contributed by atoms with Crippen molar-refractivity contribution in [1.82, 2.24) is 0 Å². The van der Waals surface area contributed by atoms with Gasteiger partial charge in [0.25, 0.3) is 10.1 Å². The molecule has 0 heterocycles. The predicted octanol–water partition coefficient (Wildman–Crippen LogP) is -0.768. The summed E-state index contributed by atoms with van der Waals surface area (Å²) < 4.78 is 44.8. The molecule has 0 atom stereocenters. The monoisotopic (exact) mass is 350 g/mol. The SMILES string of the molecule is O=C(O)c1cc(C(=O)OP(=O)(O)O)cc(S(=O)(=O)O)c1.[NaH]. The van der Waals surface area contributed by atoms with E-state index in [2.05, 4.69) is 4.52 Å². The van der Waals surface area contributed by atoms with E-state index in [4.69, 9.17) is 19.4 Å². The second-order valence-electron chi connectivity index (χ2n) is 3.40. The van der Waals surface area contributed by atoms with Crippen LogP contribution in [0.1, 0.15) is 20.7 Å². The summed E-state index contributed by atoms with van der Waals surface area (Å²) in [6.07, 6.45) is 0. The fraction of sp³-hybridized carbons (Fsp3) is 0. The van der Waals surface area contributed by atoms with Crippen molar-refractivity contribution in [3.05, 3.63) is 29.3 Å². The Hall–Kier alpha value is -0.780. The molecule has 0 saturated heterocycles. The minimum absolute atomic E-state index is 0. The zero-order valence-electron chi connectivity index (χ0n) is 9.33. The fourth-order valence-electron chi connectivity index (χ4n) is 1.15. The van der Waals surface area contributed by atoms with Crippen molar-refractivity contribution in [3.63, 3.8) is 0 Å². The van der Waals surface area contributed by atoms with E-state index in [1.165, 1.54) is 0 Å². The molecular formula is C8H8NaO10PS. The first kappa shape index (κ1) is 20.2. The average molecular weight is 350 g/mol. The van der Waals surface area contributed by atoms with Gasteiger partial charge in [0.15, 0.2) is 0 Å². The summed E-state index contributed by atoms with van der Waals surface area (Å²) in [6.45, 7) is 0. The molecule has 13 heteroatoms. The van der Waals surface area contributed by atoms with Gasteiger partial charge in [-0.25, -0.2) is 14.2 Å². The van der Waals surface area contributed by atoms with Crippen LogP contribution in [0.25, 0.3) is 0 Å². The molecule has 4 N–H and O–H groups in total. The summed E-state index contributed by atoms with van der Waals surface area (Å²) in [5, 5.41) is 8.73. The van der Waals surface area contributed by atoms with Crippen LogP contribution in [0.5, 0.6) is 0 Å². The van der Waals surface area contributed by atoms with E-state index in [-0.39, 0.29) is 29.6 Å². The van der Waals surface area contributed by atoms with E-state index in [9.17, 15) is 22.6 Å². The first-order chi connectivity index (χ1) is 8.90. The van der Waals surface area contributed by atoms with E-state index in [0.29, 0.717) is 18.2 Å². The van der Waals surface area contributed by atoms with Crippen LogP contribution < -0.4 is 0 Å². The molecule has 0 aliphatic rings. The third-order valence-electron chi connectivity index (χ3n) is 1.89. The van der Waals surface area contributed by atoms with Crippen molar-refractivity contribution in [2.75, 3.05) is 0 Å². The second kappa shape index (κ2) is 6.99. The number of aromatic carboxylic acids is 1. The zero-order chi connectivity index (χ0) is 15.7. The van der Waals surface area contributed by atoms with Crippen LogP contribution >= 0.6 is 7.82 Å². The van der Waals surface area contributed by atoms with Crippen LogP contribution in [0.2, 0.25) is 0 Å². The molecule has 1 aromatic rings. The molecule has 0 amide bonds. The Bertz CT molecular complexity index is 721. The molecule has 0 radical (unpaired) electrons. The van der Waals surface area contributed by atoms with E-state index < -0.39 is 45.9 Å². The first-order valence-corrected chi connectivity index (χ1v) is 7.52. The Morgan fingerprint density at radius 1 is 1.10 bits per heavy atom. The summed E-state index contributed by atoms with van der Waals surface area (Å²) in [5.74, 6) is -3.27. The number of rotatable bonds is 4. The number of carboxylic acids is 1. The molecule has 1 rings (SSSR count). The van der Waals surface area contributed by atoms with Gasteiger partial charge < -0.3 is 9.63 Å². The molecule has 0 aliphatic heterocycles. The van der Waals surface area contributed by atoms with Gasteiger partial charge in [-0.05, 0) is 18.2 Å². The van der Waals surface area contributed by atoms with Crippen molar-refractivity contribution < 1.29 is 46.5 Å². The van der Waals surface area contributed by atoms with E-state index >= 15 is 0 Å². The van der Waals surface area contributed by atoms with E-state index in [1.54, 1.807) is 0 Å². The Balaban J connectivity index is 0.00000400. The van der Waals surface area contributed by atoms with E-state index in [0.717, 1.165) is 0 Å². The first-order valence-electron chi connectivity index (χ1n) is 4.55. The molecular weight excluding hydrogens is 342 g/mol. The van der Waals surface area contributed by atoms with Crippen molar-refractivity contribution in [1.29, 1.82) is 0 Å². The number of benzene rings is 1. The fourth-order valence-corrected chi connectivity index (χ4v) is 2.02. The second-order valence-corrected chi connectivity index (χ2v) is 5.98. The van der Waals surface area contributed by atoms with Crippen LogP contribution in [0.4, 0.5) is 0 Å². The normalized spacial score (nSPS) is 11.4. The summed E-state index contributed by atoms with van der Waals surface area (Å²) >= 11 is 0. The Kier molecular flexibility index (Phi) is 6.73. The van der Waals surface area contributed by atoms with Crippen LogP contribution in [0, 0.1) is 0 Å². The summed E-state index contributed by atoms with van der Waals surface area (Å²) in [6, 6.07) is 1.71. The number of phosphoric acid groups is 1. The number of carboxylic acid groups (broad SMARTS) is 1. The van der Waals surface area contributed by atoms with Crippen LogP contribution in [-0.4, -0.2) is 69.4 Å². The maximum atomic E-state index is 11.3. The molecule has 0 fully saturated rings. The molecule has 0 saturated carbocycles. The van der Waals surface area contributed by atoms with Gasteiger partial charge in [0.05, 0.1) is 16.0 Å². The van der Waals surface area contributed by atoms with Gasteiger partial charge in [-0.15, -0.1) is 0 Å². The van der Waals surface area contributed by atoms with Gasteiger partial charge >= 0.3 is 49.3 Å². The van der Waals surface area contributed by atoms with Crippen LogP contribution in [0.3, 0.4) is 0 Å². The summed E-state index contributed by atoms with van der Waals surface area (Å²) in [5.41, 5.74) is -1.46. The maximum absolute atomic E-state index is 11.3. The van der Waals surface area contributed by atoms with E-state index in [1.807, 2.05) is 0 Å². The molecule has 0 aromatic heterocycles. The molecule has 0 spiro atoms. The summed E-state index contributed by atoms with van der Waals surface area (Å²) in [4.78, 5) is 38.0. The standard InChI is InChI=1S/C8H7O10PS.Na.H/c9-7(10)4-1-5(8(11)18-19(12,13)14)3-6(2-4)20(15,16)17;;/h1-3H,(H,9,10)(H2,12,13,14)(H,15,16,17);;. The van der Waals surface area contributed by atoms with Crippen LogP contribution in [-0.2, 0) is 19.2 Å². The van der Waals surface area contributed by atoms with Gasteiger partial charge in [-0.2, -0.15) is 8.42 Å². The van der Waals surface area contributed by atoms with Crippen molar-refractivity contribution >= 4 is 59.4 Å². The van der Waals surface area contributed by atoms with Crippen molar-refractivity contribution in [2.24, 2.45) is 0 Å². The molecule has 21 heavy (non-hydrogen) atoms. The minimum atomic E-state index is -5.19. The number of hydrogen-bond donors (Lipinski definition) is 4. The number of carbonyl (C=O) groups is 2.